The summed E-state index contributed by atoms with van der Waals surface area (Å²) in [6, 6.07) is 6.52. The summed E-state index contributed by atoms with van der Waals surface area (Å²) in [6.07, 6.45) is -0.428. The Morgan fingerprint density at radius 3 is 2.48 bits per heavy atom. The Morgan fingerprint density at radius 2 is 1.86 bits per heavy atom. The number of ether oxygens (including phenoxy) is 1. The molecule has 0 aliphatic carbocycles. The molecule has 0 radical (unpaired) electrons. The third-order valence-electron chi connectivity index (χ3n) is 2.63. The molecule has 0 heterocycles. The van der Waals surface area contributed by atoms with Crippen molar-refractivity contribution in [3.05, 3.63) is 29.8 Å². The van der Waals surface area contributed by atoms with Gasteiger partial charge in [0.15, 0.2) is 9.84 Å². The lowest BCUT2D eigenvalue weighted by Gasteiger charge is -2.10. The number of benzene rings is 1. The van der Waals surface area contributed by atoms with Crippen molar-refractivity contribution >= 4 is 21.7 Å². The van der Waals surface area contributed by atoms with Crippen LogP contribution in [-0.2, 0) is 25.8 Å². The van der Waals surface area contributed by atoms with Crippen LogP contribution in [-0.4, -0.2) is 43.5 Å². The van der Waals surface area contributed by atoms with Crippen LogP contribution in [0.15, 0.2) is 24.3 Å². The monoisotopic (exact) mass is 315 g/mol. The SMILES string of the molecule is NC(=O)CCS(=O)(=O)CCOc1ccccc1CC(=O)O. The van der Waals surface area contributed by atoms with E-state index >= 15 is 0 Å². The summed E-state index contributed by atoms with van der Waals surface area (Å²) in [5, 5.41) is 8.77. The molecule has 0 aromatic heterocycles. The summed E-state index contributed by atoms with van der Waals surface area (Å²) >= 11 is 0. The Hall–Kier alpha value is -2.09. The molecule has 0 aliphatic heterocycles. The van der Waals surface area contributed by atoms with Crippen molar-refractivity contribution < 1.29 is 27.9 Å². The number of primary amides is 1. The number of aliphatic carboxylic acids is 1. The summed E-state index contributed by atoms with van der Waals surface area (Å²) in [5.41, 5.74) is 5.37. The van der Waals surface area contributed by atoms with Crippen molar-refractivity contribution in [2.75, 3.05) is 18.1 Å². The molecule has 0 saturated heterocycles. The van der Waals surface area contributed by atoms with Crippen LogP contribution in [0.1, 0.15) is 12.0 Å². The molecule has 1 aromatic rings. The summed E-state index contributed by atoms with van der Waals surface area (Å²) < 4.78 is 28.5. The Balaban J connectivity index is 2.56. The van der Waals surface area contributed by atoms with Gasteiger partial charge in [-0.25, -0.2) is 8.42 Å². The van der Waals surface area contributed by atoms with Gasteiger partial charge in [-0.2, -0.15) is 0 Å². The largest absolute Gasteiger partial charge is 0.492 e. The van der Waals surface area contributed by atoms with E-state index in [9.17, 15) is 18.0 Å². The number of sulfone groups is 1. The quantitative estimate of drug-likeness (QED) is 0.660. The summed E-state index contributed by atoms with van der Waals surface area (Å²) in [6.45, 7) is -0.113. The number of hydrogen-bond donors (Lipinski definition) is 2. The van der Waals surface area contributed by atoms with Gasteiger partial charge in [-0.05, 0) is 6.07 Å². The minimum absolute atomic E-state index is 0.113. The van der Waals surface area contributed by atoms with E-state index in [1.165, 1.54) is 0 Å². The first-order valence-electron chi connectivity index (χ1n) is 6.21. The molecule has 1 rings (SSSR count). The van der Waals surface area contributed by atoms with E-state index in [1.54, 1.807) is 24.3 Å². The van der Waals surface area contributed by atoms with Gasteiger partial charge in [-0.3, -0.25) is 9.59 Å². The van der Waals surface area contributed by atoms with Crippen LogP contribution in [0.3, 0.4) is 0 Å². The number of carboxylic acids is 1. The Bertz CT molecular complexity index is 611. The number of nitrogens with two attached hydrogens (primary N) is 1. The zero-order valence-electron chi connectivity index (χ0n) is 11.3. The minimum atomic E-state index is -3.42. The molecule has 0 bridgehead atoms. The van der Waals surface area contributed by atoms with Gasteiger partial charge in [0, 0.05) is 12.0 Å². The highest BCUT2D eigenvalue weighted by molar-refractivity contribution is 7.91. The van der Waals surface area contributed by atoms with Crippen LogP contribution < -0.4 is 10.5 Å². The second kappa shape index (κ2) is 7.63. The highest BCUT2D eigenvalue weighted by Crippen LogP contribution is 2.18. The first-order valence-corrected chi connectivity index (χ1v) is 8.03. The van der Waals surface area contributed by atoms with Crippen LogP contribution in [0, 0.1) is 0 Å². The molecule has 1 amide bonds. The number of amides is 1. The standard InChI is InChI=1S/C13H17NO6S/c14-12(15)5-7-21(18,19)8-6-20-11-4-2-1-3-10(11)9-13(16)17/h1-4H,5-9H2,(H2,14,15)(H,16,17). The Labute approximate surface area is 122 Å². The second-order valence-corrected chi connectivity index (χ2v) is 6.70. The van der Waals surface area contributed by atoms with Gasteiger partial charge >= 0.3 is 5.97 Å². The second-order valence-electron chi connectivity index (χ2n) is 4.39. The van der Waals surface area contributed by atoms with Gasteiger partial charge < -0.3 is 15.6 Å². The highest BCUT2D eigenvalue weighted by atomic mass is 32.2. The maximum absolute atomic E-state index is 11.6. The average Bonchev–Trinajstić information content (AvgIpc) is 2.38. The third kappa shape index (κ3) is 6.75. The molecule has 3 N–H and O–H groups in total. The average molecular weight is 315 g/mol. The first-order chi connectivity index (χ1) is 9.80. The molecule has 0 atom stereocenters. The minimum Gasteiger partial charge on any atom is -0.492 e. The molecule has 0 spiro atoms. The maximum Gasteiger partial charge on any atom is 0.307 e. The number of para-hydroxylation sites is 1. The molecule has 1 aromatic carbocycles. The molecular formula is C13H17NO6S. The molecule has 0 unspecified atom stereocenters. The van der Waals surface area contributed by atoms with Gasteiger partial charge in [0.2, 0.25) is 5.91 Å². The van der Waals surface area contributed by atoms with Crippen molar-refractivity contribution in [2.24, 2.45) is 5.73 Å². The van der Waals surface area contributed by atoms with Gasteiger partial charge in [0.25, 0.3) is 0 Å². The molecule has 116 valence electrons. The van der Waals surface area contributed by atoms with Gasteiger partial charge in [0.1, 0.15) is 12.4 Å². The molecule has 7 nitrogen and oxygen atoms in total. The van der Waals surface area contributed by atoms with Gasteiger partial charge in [0.05, 0.1) is 17.9 Å². The normalized spacial score (nSPS) is 11.0. The van der Waals surface area contributed by atoms with Crippen LogP contribution in [0.5, 0.6) is 5.75 Å². The topological polar surface area (TPSA) is 124 Å². The lowest BCUT2D eigenvalue weighted by Crippen LogP contribution is -2.22. The summed E-state index contributed by atoms with van der Waals surface area (Å²) in [5.74, 6) is -1.92. The smallest absolute Gasteiger partial charge is 0.307 e. The van der Waals surface area contributed by atoms with Crippen molar-refractivity contribution in [3.63, 3.8) is 0 Å². The predicted octanol–water partition coefficient (Wildman–Crippen LogP) is -0.0173. The highest BCUT2D eigenvalue weighted by Gasteiger charge is 2.13. The van der Waals surface area contributed by atoms with Crippen LogP contribution in [0.2, 0.25) is 0 Å². The number of hydrogen-bond acceptors (Lipinski definition) is 5. The Kier molecular flexibility index (Phi) is 6.16. The fourth-order valence-electron chi connectivity index (χ4n) is 1.59. The van der Waals surface area contributed by atoms with Gasteiger partial charge in [-0.15, -0.1) is 0 Å². The van der Waals surface area contributed by atoms with E-state index < -0.39 is 21.7 Å². The molecule has 0 aliphatic rings. The summed E-state index contributed by atoms with van der Waals surface area (Å²) in [7, 11) is -3.42. The van der Waals surface area contributed by atoms with Gasteiger partial charge in [-0.1, -0.05) is 18.2 Å². The summed E-state index contributed by atoms with van der Waals surface area (Å²) in [4.78, 5) is 21.3. The lowest BCUT2D eigenvalue weighted by molar-refractivity contribution is -0.136. The number of rotatable bonds is 9. The van der Waals surface area contributed by atoms with Crippen molar-refractivity contribution in [1.82, 2.24) is 0 Å². The number of carboxylic acid groups (broad SMARTS) is 1. The number of carbonyl (C=O) groups excluding carboxylic acids is 1. The molecule has 21 heavy (non-hydrogen) atoms. The number of carbonyl (C=O) groups is 2. The molecule has 0 fully saturated rings. The molecular weight excluding hydrogens is 298 g/mol. The van der Waals surface area contributed by atoms with E-state index in [0.717, 1.165) is 0 Å². The van der Waals surface area contributed by atoms with E-state index in [2.05, 4.69) is 0 Å². The first kappa shape index (κ1) is 17.0. The molecule has 8 heteroatoms. The zero-order chi connectivity index (χ0) is 15.9. The van der Waals surface area contributed by atoms with E-state index in [-0.39, 0.29) is 31.0 Å². The van der Waals surface area contributed by atoms with Crippen LogP contribution in [0.25, 0.3) is 0 Å². The van der Waals surface area contributed by atoms with E-state index in [0.29, 0.717) is 11.3 Å². The predicted molar refractivity (Wildman–Crippen MR) is 75.7 cm³/mol. The van der Waals surface area contributed by atoms with Crippen molar-refractivity contribution in [3.8, 4) is 5.75 Å². The fourth-order valence-corrected chi connectivity index (χ4v) is 2.64. The fraction of sp³-hybridized carbons (Fsp3) is 0.385. The lowest BCUT2D eigenvalue weighted by atomic mass is 10.1. The van der Waals surface area contributed by atoms with E-state index in [4.69, 9.17) is 15.6 Å². The maximum atomic E-state index is 11.6. The van der Waals surface area contributed by atoms with Crippen molar-refractivity contribution in [2.45, 2.75) is 12.8 Å². The third-order valence-corrected chi connectivity index (χ3v) is 4.24. The zero-order valence-corrected chi connectivity index (χ0v) is 12.1. The van der Waals surface area contributed by atoms with Crippen LogP contribution in [0.4, 0.5) is 0 Å². The Morgan fingerprint density at radius 1 is 1.19 bits per heavy atom. The molecule has 0 saturated carbocycles. The van der Waals surface area contributed by atoms with Crippen molar-refractivity contribution in [1.29, 1.82) is 0 Å². The van der Waals surface area contributed by atoms with E-state index in [1.807, 2.05) is 0 Å². The van der Waals surface area contributed by atoms with Crippen LogP contribution >= 0.6 is 0 Å².